The van der Waals surface area contributed by atoms with Crippen LogP contribution in [0, 0.1) is 11.3 Å². The van der Waals surface area contributed by atoms with Crippen molar-refractivity contribution in [3.63, 3.8) is 0 Å². The smallest absolute Gasteiger partial charge is 0.174 e. The van der Waals surface area contributed by atoms with Gasteiger partial charge < -0.3 is 9.47 Å². The second-order valence-corrected chi connectivity index (χ2v) is 2.65. The Morgan fingerprint density at radius 3 is 2.85 bits per heavy atom. The maximum absolute atomic E-state index is 8.28. The normalized spacial score (nSPS) is 9.00. The van der Waals surface area contributed by atoms with Crippen LogP contribution in [0.25, 0.3) is 0 Å². The first-order chi connectivity index (χ1) is 6.27. The van der Waals surface area contributed by atoms with Crippen molar-refractivity contribution in [1.82, 2.24) is 0 Å². The van der Waals surface area contributed by atoms with Gasteiger partial charge in [0.2, 0.25) is 0 Å². The predicted molar refractivity (Wildman–Crippen MR) is 49.1 cm³/mol. The molecule has 0 aliphatic carbocycles. The number of ether oxygens (including phenoxy) is 2. The van der Waals surface area contributed by atoms with Gasteiger partial charge in [0.1, 0.15) is 17.6 Å². The highest BCUT2D eigenvalue weighted by atomic mass is 35.5. The summed E-state index contributed by atoms with van der Waals surface area (Å²) in [6.45, 7) is -0.00789. The standard InChI is InChI=1S/C9H8ClNO2/c1-12-7-2-3-9(8(10)6-7)13-5-4-11/h2-3,6H,5H2,1H3. The first-order valence-electron chi connectivity index (χ1n) is 3.61. The predicted octanol–water partition coefficient (Wildman–Crippen LogP) is 2.25. The van der Waals surface area contributed by atoms with E-state index in [1.807, 2.05) is 6.07 Å². The van der Waals surface area contributed by atoms with E-state index in [2.05, 4.69) is 0 Å². The number of hydrogen-bond donors (Lipinski definition) is 0. The molecule has 0 atom stereocenters. The molecule has 0 unspecified atom stereocenters. The molecule has 0 bridgehead atoms. The molecule has 1 rings (SSSR count). The van der Waals surface area contributed by atoms with Gasteiger partial charge in [0.15, 0.2) is 6.61 Å². The molecule has 0 saturated heterocycles. The number of benzene rings is 1. The Balaban J connectivity index is 2.80. The van der Waals surface area contributed by atoms with Crippen LogP contribution in [0.5, 0.6) is 11.5 Å². The van der Waals surface area contributed by atoms with E-state index in [0.29, 0.717) is 16.5 Å². The van der Waals surface area contributed by atoms with Gasteiger partial charge in [0.05, 0.1) is 12.1 Å². The summed E-state index contributed by atoms with van der Waals surface area (Å²) in [7, 11) is 1.56. The zero-order chi connectivity index (χ0) is 9.68. The zero-order valence-electron chi connectivity index (χ0n) is 7.08. The molecule has 3 nitrogen and oxygen atoms in total. The van der Waals surface area contributed by atoms with Crippen LogP contribution in [0.4, 0.5) is 0 Å². The van der Waals surface area contributed by atoms with Crippen LogP contribution >= 0.6 is 11.6 Å². The summed E-state index contributed by atoms with van der Waals surface area (Å²) in [6.07, 6.45) is 0. The van der Waals surface area contributed by atoms with E-state index in [4.69, 9.17) is 26.3 Å². The van der Waals surface area contributed by atoms with Gasteiger partial charge in [-0.1, -0.05) is 11.6 Å². The molecule has 0 spiro atoms. The molecule has 1 aromatic rings. The highest BCUT2D eigenvalue weighted by molar-refractivity contribution is 6.32. The Morgan fingerprint density at radius 2 is 2.31 bits per heavy atom. The van der Waals surface area contributed by atoms with Crippen LogP contribution in [0.3, 0.4) is 0 Å². The molecule has 0 saturated carbocycles. The lowest BCUT2D eigenvalue weighted by Crippen LogP contribution is -1.94. The third kappa shape index (κ3) is 2.53. The van der Waals surface area contributed by atoms with Gasteiger partial charge >= 0.3 is 0 Å². The van der Waals surface area contributed by atoms with Crippen LogP contribution in [0.15, 0.2) is 18.2 Å². The average molecular weight is 198 g/mol. The van der Waals surface area contributed by atoms with Gasteiger partial charge in [-0.3, -0.25) is 0 Å². The minimum absolute atomic E-state index is 0.00789. The van der Waals surface area contributed by atoms with Crippen molar-refractivity contribution in [3.05, 3.63) is 23.2 Å². The molecule has 0 aromatic heterocycles. The van der Waals surface area contributed by atoms with Gasteiger partial charge in [0.25, 0.3) is 0 Å². The van der Waals surface area contributed by atoms with Crippen LogP contribution in [0.1, 0.15) is 0 Å². The van der Waals surface area contributed by atoms with Crippen LogP contribution < -0.4 is 9.47 Å². The van der Waals surface area contributed by atoms with E-state index in [-0.39, 0.29) is 6.61 Å². The van der Waals surface area contributed by atoms with Gasteiger partial charge in [-0.15, -0.1) is 0 Å². The van der Waals surface area contributed by atoms with Crippen molar-refractivity contribution in [1.29, 1.82) is 5.26 Å². The Bertz CT molecular complexity index is 333. The summed E-state index contributed by atoms with van der Waals surface area (Å²) in [5.41, 5.74) is 0. The Morgan fingerprint density at radius 1 is 1.54 bits per heavy atom. The van der Waals surface area contributed by atoms with E-state index >= 15 is 0 Å². The first kappa shape index (κ1) is 9.69. The van der Waals surface area contributed by atoms with E-state index in [1.54, 1.807) is 25.3 Å². The summed E-state index contributed by atoms with van der Waals surface area (Å²) in [5.74, 6) is 1.15. The molecule has 0 aliphatic rings. The minimum atomic E-state index is -0.00789. The second kappa shape index (κ2) is 4.58. The van der Waals surface area contributed by atoms with Crippen LogP contribution in [-0.4, -0.2) is 13.7 Å². The maximum Gasteiger partial charge on any atom is 0.174 e. The molecular weight excluding hydrogens is 190 g/mol. The molecule has 0 aliphatic heterocycles. The fourth-order valence-corrected chi connectivity index (χ4v) is 1.06. The number of halogens is 1. The maximum atomic E-state index is 8.28. The topological polar surface area (TPSA) is 42.2 Å². The molecule has 1 aromatic carbocycles. The van der Waals surface area contributed by atoms with Crippen molar-refractivity contribution in [2.75, 3.05) is 13.7 Å². The van der Waals surface area contributed by atoms with E-state index in [0.717, 1.165) is 0 Å². The average Bonchev–Trinajstić information content (AvgIpc) is 2.16. The molecule has 0 amide bonds. The van der Waals surface area contributed by atoms with Gasteiger partial charge in [-0.2, -0.15) is 5.26 Å². The highest BCUT2D eigenvalue weighted by Gasteiger charge is 2.02. The van der Waals surface area contributed by atoms with E-state index in [1.165, 1.54) is 0 Å². The fraction of sp³-hybridized carbons (Fsp3) is 0.222. The summed E-state index contributed by atoms with van der Waals surface area (Å²) < 4.78 is 9.99. The third-order valence-corrected chi connectivity index (χ3v) is 1.73. The molecule has 0 N–H and O–H groups in total. The van der Waals surface area contributed by atoms with Crippen molar-refractivity contribution in [2.24, 2.45) is 0 Å². The minimum Gasteiger partial charge on any atom is -0.497 e. The first-order valence-corrected chi connectivity index (χ1v) is 3.99. The molecule has 0 fully saturated rings. The van der Waals surface area contributed by atoms with Crippen molar-refractivity contribution in [3.8, 4) is 17.6 Å². The van der Waals surface area contributed by atoms with Gasteiger partial charge in [0, 0.05) is 6.07 Å². The highest BCUT2D eigenvalue weighted by Crippen LogP contribution is 2.28. The van der Waals surface area contributed by atoms with Crippen LogP contribution in [0.2, 0.25) is 5.02 Å². The van der Waals surface area contributed by atoms with Gasteiger partial charge in [-0.25, -0.2) is 0 Å². The Kier molecular flexibility index (Phi) is 3.41. The van der Waals surface area contributed by atoms with Crippen molar-refractivity contribution < 1.29 is 9.47 Å². The van der Waals surface area contributed by atoms with Crippen molar-refractivity contribution >= 4 is 11.6 Å². The van der Waals surface area contributed by atoms with E-state index < -0.39 is 0 Å². The monoisotopic (exact) mass is 197 g/mol. The Labute approximate surface area is 81.4 Å². The quantitative estimate of drug-likeness (QED) is 0.747. The Hall–Kier alpha value is -1.40. The van der Waals surface area contributed by atoms with Gasteiger partial charge in [-0.05, 0) is 12.1 Å². The fourth-order valence-electron chi connectivity index (χ4n) is 0.836. The second-order valence-electron chi connectivity index (χ2n) is 2.24. The molecule has 0 heterocycles. The lowest BCUT2D eigenvalue weighted by atomic mass is 10.3. The number of methoxy groups -OCH3 is 1. The lowest BCUT2D eigenvalue weighted by Gasteiger charge is -2.05. The molecule has 4 heteroatoms. The van der Waals surface area contributed by atoms with Crippen molar-refractivity contribution in [2.45, 2.75) is 0 Å². The third-order valence-electron chi connectivity index (χ3n) is 1.43. The molecule has 13 heavy (non-hydrogen) atoms. The summed E-state index contributed by atoms with van der Waals surface area (Å²) >= 11 is 5.83. The number of nitriles is 1. The summed E-state index contributed by atoms with van der Waals surface area (Å²) in [4.78, 5) is 0. The van der Waals surface area contributed by atoms with Crippen LogP contribution in [-0.2, 0) is 0 Å². The molecular formula is C9H8ClNO2. The van der Waals surface area contributed by atoms with E-state index in [9.17, 15) is 0 Å². The summed E-state index contributed by atoms with van der Waals surface area (Å²) in [6, 6.07) is 6.88. The summed E-state index contributed by atoms with van der Waals surface area (Å²) in [5, 5.41) is 8.72. The SMILES string of the molecule is COc1ccc(OCC#N)c(Cl)c1. The number of rotatable bonds is 3. The zero-order valence-corrected chi connectivity index (χ0v) is 7.84. The number of nitrogens with zero attached hydrogens (tertiary/aromatic N) is 1. The lowest BCUT2D eigenvalue weighted by molar-refractivity contribution is 0.366. The molecule has 0 radical (unpaired) electrons. The molecule has 68 valence electrons. The largest absolute Gasteiger partial charge is 0.497 e. The number of hydrogen-bond acceptors (Lipinski definition) is 3.